The molecule has 124 valence electrons. The maximum absolute atomic E-state index is 13.0. The first-order valence-electron chi connectivity index (χ1n) is 7.53. The fourth-order valence-electron chi connectivity index (χ4n) is 3.53. The van der Waals surface area contributed by atoms with Crippen molar-refractivity contribution < 1.29 is 9.59 Å². The highest BCUT2D eigenvalue weighted by Crippen LogP contribution is 2.52. The van der Waals surface area contributed by atoms with E-state index in [0.717, 1.165) is 0 Å². The number of anilines is 2. The minimum Gasteiger partial charge on any atom is -0.324 e. The Hall–Kier alpha value is -1.86. The first-order chi connectivity index (χ1) is 11.3. The van der Waals surface area contributed by atoms with Gasteiger partial charge in [-0.05, 0) is 47.5 Å². The molecule has 1 aromatic heterocycles. The predicted molar refractivity (Wildman–Crippen MR) is 94.4 cm³/mol. The van der Waals surface area contributed by atoms with Gasteiger partial charge in [0.25, 0.3) is 0 Å². The molecule has 0 radical (unpaired) electrons. The van der Waals surface area contributed by atoms with Crippen LogP contribution in [0.5, 0.6) is 0 Å². The lowest BCUT2D eigenvalue weighted by atomic mass is 9.72. The summed E-state index contributed by atoms with van der Waals surface area (Å²) in [5.74, 6) is 0.115. The van der Waals surface area contributed by atoms with Crippen molar-refractivity contribution in [2.24, 2.45) is 0 Å². The Morgan fingerprint density at radius 2 is 2.04 bits per heavy atom. The van der Waals surface area contributed by atoms with Crippen LogP contribution in [0.1, 0.15) is 37.4 Å². The van der Waals surface area contributed by atoms with Gasteiger partial charge in [-0.15, -0.1) is 0 Å². The number of halogens is 2. The monoisotopic (exact) mass is 408 g/mol. The normalized spacial score (nSPS) is 21.7. The zero-order valence-corrected chi connectivity index (χ0v) is 15.3. The highest BCUT2D eigenvalue weighted by atomic mass is 79.9. The first kappa shape index (κ1) is 15.7. The van der Waals surface area contributed by atoms with Gasteiger partial charge in [0.2, 0.25) is 11.8 Å². The Labute approximate surface area is 151 Å². The molecule has 0 bridgehead atoms. The molecule has 24 heavy (non-hydrogen) atoms. The van der Waals surface area contributed by atoms with Crippen LogP contribution >= 0.6 is 27.5 Å². The lowest BCUT2D eigenvalue weighted by Crippen LogP contribution is -2.43. The number of nitrogens with one attached hydrogen (secondary N) is 2. The summed E-state index contributed by atoms with van der Waals surface area (Å²) in [6, 6.07) is 3.52. The van der Waals surface area contributed by atoms with E-state index in [1.54, 1.807) is 23.0 Å². The minimum atomic E-state index is -1.10. The molecule has 6 nitrogen and oxygen atoms in total. The van der Waals surface area contributed by atoms with Crippen molar-refractivity contribution in [2.45, 2.75) is 31.7 Å². The fourth-order valence-corrected chi connectivity index (χ4v) is 4.44. The summed E-state index contributed by atoms with van der Waals surface area (Å²) >= 11 is 9.65. The number of hydrogen-bond donors (Lipinski definition) is 2. The van der Waals surface area contributed by atoms with Gasteiger partial charge in [-0.1, -0.05) is 11.6 Å². The smallest absolute Gasteiger partial charge is 0.240 e. The number of aromatic nitrogens is 2. The van der Waals surface area contributed by atoms with Crippen molar-refractivity contribution >= 4 is 50.9 Å². The van der Waals surface area contributed by atoms with Crippen LogP contribution in [0.3, 0.4) is 0 Å². The van der Waals surface area contributed by atoms with E-state index >= 15 is 0 Å². The van der Waals surface area contributed by atoms with Crippen LogP contribution < -0.4 is 10.6 Å². The molecular formula is C16H14BrClN4O2. The van der Waals surface area contributed by atoms with Gasteiger partial charge in [0.15, 0.2) is 0 Å². The van der Waals surface area contributed by atoms with E-state index in [2.05, 4.69) is 31.7 Å². The van der Waals surface area contributed by atoms with Gasteiger partial charge in [0, 0.05) is 27.5 Å². The van der Waals surface area contributed by atoms with E-state index in [-0.39, 0.29) is 24.3 Å². The van der Waals surface area contributed by atoms with Crippen LogP contribution in [0.4, 0.5) is 11.5 Å². The molecule has 0 aliphatic carbocycles. The van der Waals surface area contributed by atoms with Gasteiger partial charge in [-0.3, -0.25) is 9.59 Å². The third-order valence-corrected chi connectivity index (χ3v) is 5.41. The molecule has 0 saturated carbocycles. The molecule has 2 N–H and O–H groups in total. The lowest BCUT2D eigenvalue weighted by molar-refractivity contribution is -0.125. The molecule has 2 aliphatic heterocycles. The van der Waals surface area contributed by atoms with Crippen molar-refractivity contribution in [3.8, 4) is 0 Å². The maximum Gasteiger partial charge on any atom is 0.240 e. The third-order valence-electron chi connectivity index (χ3n) is 4.57. The average molecular weight is 410 g/mol. The topological polar surface area (TPSA) is 76.0 Å². The van der Waals surface area contributed by atoms with Crippen LogP contribution in [0.2, 0.25) is 5.02 Å². The van der Waals surface area contributed by atoms with Crippen molar-refractivity contribution in [2.75, 3.05) is 10.6 Å². The van der Waals surface area contributed by atoms with E-state index in [0.29, 0.717) is 32.1 Å². The minimum absolute atomic E-state index is 0.0232. The number of carbonyl (C=O) groups is 2. The highest BCUT2D eigenvalue weighted by molar-refractivity contribution is 9.10. The quantitative estimate of drug-likeness (QED) is 0.757. The van der Waals surface area contributed by atoms with Crippen LogP contribution in [-0.4, -0.2) is 21.6 Å². The van der Waals surface area contributed by atoms with E-state index in [9.17, 15) is 9.59 Å². The number of amides is 2. The summed E-state index contributed by atoms with van der Waals surface area (Å²) < 4.78 is 2.41. The number of rotatable bonds is 1. The molecule has 3 heterocycles. The van der Waals surface area contributed by atoms with Crippen molar-refractivity contribution in [3.05, 3.63) is 39.0 Å². The second-order valence-corrected chi connectivity index (χ2v) is 7.63. The van der Waals surface area contributed by atoms with Gasteiger partial charge < -0.3 is 10.6 Å². The van der Waals surface area contributed by atoms with Crippen molar-refractivity contribution in [1.29, 1.82) is 0 Å². The SMILES string of the molecule is CC(C)n1ncc2c1NC(=O)C[C@]21C(=O)Nc2c(Br)cc(Cl)cc21. The Kier molecular flexibility index (Phi) is 3.30. The van der Waals surface area contributed by atoms with Crippen molar-refractivity contribution in [3.63, 3.8) is 0 Å². The Balaban J connectivity index is 2.04. The summed E-state index contributed by atoms with van der Waals surface area (Å²) in [5.41, 5.74) is 0.947. The summed E-state index contributed by atoms with van der Waals surface area (Å²) in [4.78, 5) is 25.4. The molecule has 0 unspecified atom stereocenters. The first-order valence-corrected chi connectivity index (χ1v) is 8.70. The zero-order valence-electron chi connectivity index (χ0n) is 13.0. The zero-order chi connectivity index (χ0) is 17.2. The summed E-state index contributed by atoms with van der Waals surface area (Å²) in [6.45, 7) is 3.94. The van der Waals surface area contributed by atoms with E-state index < -0.39 is 5.41 Å². The molecule has 0 saturated heterocycles. The third kappa shape index (κ3) is 1.91. The van der Waals surface area contributed by atoms with E-state index in [1.165, 1.54) is 0 Å². The number of fused-ring (bicyclic) bond motifs is 4. The molecule has 8 heteroatoms. The number of nitrogens with zero attached hydrogens (tertiary/aromatic N) is 2. The van der Waals surface area contributed by atoms with Gasteiger partial charge in [-0.2, -0.15) is 5.10 Å². The molecule has 2 aliphatic rings. The summed E-state index contributed by atoms with van der Waals surface area (Å²) in [5, 5.41) is 10.6. The van der Waals surface area contributed by atoms with E-state index in [1.807, 2.05) is 13.8 Å². The number of carbonyl (C=O) groups excluding carboxylic acids is 2. The molecule has 4 rings (SSSR count). The second-order valence-electron chi connectivity index (χ2n) is 6.34. The van der Waals surface area contributed by atoms with Gasteiger partial charge >= 0.3 is 0 Å². The fraction of sp³-hybridized carbons (Fsp3) is 0.312. The predicted octanol–water partition coefficient (Wildman–Crippen LogP) is 3.46. The maximum atomic E-state index is 13.0. The average Bonchev–Trinajstić information content (AvgIpc) is 3.02. The Bertz CT molecular complexity index is 908. The van der Waals surface area contributed by atoms with Gasteiger partial charge in [-0.25, -0.2) is 4.68 Å². The second kappa shape index (κ2) is 5.07. The van der Waals surface area contributed by atoms with E-state index in [4.69, 9.17) is 11.6 Å². The highest BCUT2D eigenvalue weighted by Gasteiger charge is 2.54. The molecule has 2 amide bonds. The number of benzene rings is 1. The molecule has 1 atom stereocenters. The van der Waals surface area contributed by atoms with Crippen LogP contribution in [0, 0.1) is 0 Å². The molecule has 2 aromatic rings. The summed E-state index contributed by atoms with van der Waals surface area (Å²) in [7, 11) is 0. The molecular weight excluding hydrogens is 396 g/mol. The largest absolute Gasteiger partial charge is 0.324 e. The van der Waals surface area contributed by atoms with Gasteiger partial charge in [0.05, 0.1) is 11.9 Å². The lowest BCUT2D eigenvalue weighted by Gasteiger charge is -2.32. The van der Waals surface area contributed by atoms with Crippen LogP contribution in [-0.2, 0) is 15.0 Å². The Morgan fingerprint density at radius 3 is 2.75 bits per heavy atom. The van der Waals surface area contributed by atoms with Crippen LogP contribution in [0.25, 0.3) is 0 Å². The number of hydrogen-bond acceptors (Lipinski definition) is 3. The summed E-state index contributed by atoms with van der Waals surface area (Å²) in [6.07, 6.45) is 1.69. The van der Waals surface area contributed by atoms with Crippen LogP contribution in [0.15, 0.2) is 22.8 Å². The molecule has 0 fully saturated rings. The van der Waals surface area contributed by atoms with Gasteiger partial charge in [0.1, 0.15) is 11.2 Å². The Morgan fingerprint density at radius 1 is 1.29 bits per heavy atom. The van der Waals surface area contributed by atoms with Crippen molar-refractivity contribution in [1.82, 2.24) is 9.78 Å². The standard InChI is InChI=1S/C16H14BrClN4O2/c1-7(2)22-14-10(6-19-22)16(5-12(23)20-14)9-3-8(18)4-11(17)13(9)21-15(16)24/h3-4,6-7H,5H2,1-2H3,(H,20,23)(H,21,24)/t16-/m1/s1. The molecule has 1 aromatic carbocycles. The molecule has 1 spiro atoms.